The Morgan fingerprint density at radius 2 is 1.45 bits per heavy atom. The van der Waals surface area contributed by atoms with Crippen LogP contribution >= 0.6 is 0 Å². The number of hydrogen-bond donors (Lipinski definition) is 2. The SMILES string of the molecule is COc1ccc2[nH]cc(CC[NH-])c2c1.COc1ccc2c(c1)c(CC[NH-])cn2O.[Ac].[Ac]. The number of hydrogen-bond acceptors (Lipinski definition) is 3. The maximum Gasteiger partial charge on any atom is 0.119 e. The van der Waals surface area contributed by atoms with Crippen LogP contribution in [0.3, 0.4) is 0 Å². The number of nitrogens with one attached hydrogen (secondary N) is 3. The molecule has 0 aliphatic rings. The Hall–Kier alpha value is -0.277. The molecule has 0 spiro atoms. The van der Waals surface area contributed by atoms with Crippen LogP contribution in [0.15, 0.2) is 48.8 Å². The number of fused-ring (bicyclic) bond motifs is 2. The van der Waals surface area contributed by atoms with Crippen molar-refractivity contribution in [2.45, 2.75) is 12.8 Å². The third-order valence-electron chi connectivity index (χ3n) is 4.84. The molecular formula is C22H26Ac2N4O3-2. The van der Waals surface area contributed by atoms with E-state index in [1.807, 2.05) is 36.5 Å². The van der Waals surface area contributed by atoms with Crippen molar-refractivity contribution < 1.29 is 103 Å². The van der Waals surface area contributed by atoms with E-state index in [-0.39, 0.29) is 88.1 Å². The maximum absolute atomic E-state index is 9.60. The van der Waals surface area contributed by atoms with Gasteiger partial charge in [0.25, 0.3) is 0 Å². The zero-order valence-corrected chi connectivity index (χ0v) is 27.3. The van der Waals surface area contributed by atoms with Crippen LogP contribution in [0.4, 0.5) is 0 Å². The van der Waals surface area contributed by atoms with Crippen LogP contribution in [-0.4, -0.2) is 42.2 Å². The van der Waals surface area contributed by atoms with E-state index in [9.17, 15) is 5.21 Å². The summed E-state index contributed by atoms with van der Waals surface area (Å²) in [7, 11) is 3.28. The van der Waals surface area contributed by atoms with E-state index in [1.165, 1.54) is 5.56 Å². The van der Waals surface area contributed by atoms with Gasteiger partial charge < -0.3 is 31.1 Å². The normalized spacial score (nSPS) is 10.1. The molecular weight excluding hydrogens is 822 g/mol. The van der Waals surface area contributed by atoms with Gasteiger partial charge >= 0.3 is 0 Å². The first-order valence-electron chi connectivity index (χ1n) is 9.41. The van der Waals surface area contributed by atoms with E-state index >= 15 is 0 Å². The molecule has 9 heteroatoms. The summed E-state index contributed by atoms with van der Waals surface area (Å²) in [4.78, 5) is 3.19. The summed E-state index contributed by atoms with van der Waals surface area (Å²) >= 11 is 0. The summed E-state index contributed by atoms with van der Waals surface area (Å²) in [5, 5.41) is 11.7. The molecule has 31 heavy (non-hydrogen) atoms. The molecule has 2 aromatic heterocycles. The summed E-state index contributed by atoms with van der Waals surface area (Å²) in [6.07, 6.45) is 5.04. The van der Waals surface area contributed by atoms with Gasteiger partial charge in [-0.25, -0.2) is 0 Å². The Morgan fingerprint density at radius 3 is 2.06 bits per heavy atom. The fraction of sp³-hybridized carbons (Fsp3) is 0.273. The monoisotopic (exact) mass is 848 g/mol. The number of ether oxygens (including phenoxy) is 2. The predicted octanol–water partition coefficient (Wildman–Crippen LogP) is 5.25. The third-order valence-corrected chi connectivity index (χ3v) is 4.84. The number of benzene rings is 2. The first-order valence-corrected chi connectivity index (χ1v) is 9.41. The van der Waals surface area contributed by atoms with E-state index in [2.05, 4.69) is 4.98 Å². The fourth-order valence-electron chi connectivity index (χ4n) is 3.35. The van der Waals surface area contributed by atoms with Crippen LogP contribution in [0.1, 0.15) is 11.1 Å². The Labute approximate surface area is 253 Å². The van der Waals surface area contributed by atoms with Gasteiger partial charge in [-0.15, -0.1) is 13.1 Å². The van der Waals surface area contributed by atoms with Crippen molar-refractivity contribution in [3.8, 4) is 11.5 Å². The molecule has 0 saturated heterocycles. The van der Waals surface area contributed by atoms with E-state index in [0.29, 0.717) is 19.5 Å². The summed E-state index contributed by atoms with van der Waals surface area (Å²) in [5.41, 5.74) is 18.4. The predicted molar refractivity (Wildman–Crippen MR) is 116 cm³/mol. The van der Waals surface area contributed by atoms with E-state index in [0.717, 1.165) is 50.0 Å². The topological polar surface area (TPSA) is 107 Å². The smallest absolute Gasteiger partial charge is 0.119 e. The summed E-state index contributed by atoms with van der Waals surface area (Å²) in [6, 6.07) is 11.4. The Kier molecular flexibility index (Phi) is 13.1. The molecule has 4 N–H and O–H groups in total. The second kappa shape index (κ2) is 14.1. The summed E-state index contributed by atoms with van der Waals surface area (Å²) in [5.74, 6) is 1.63. The molecule has 4 rings (SSSR count). The molecule has 160 valence electrons. The molecule has 2 heterocycles. The number of nitrogens with zero attached hydrogens (tertiary/aromatic N) is 1. The van der Waals surface area contributed by atoms with Crippen LogP contribution in [-0.2, 0) is 12.8 Å². The molecule has 4 aromatic rings. The summed E-state index contributed by atoms with van der Waals surface area (Å²) < 4.78 is 11.4. The van der Waals surface area contributed by atoms with Gasteiger partial charge in [0.2, 0.25) is 0 Å². The van der Waals surface area contributed by atoms with Gasteiger partial charge in [-0.05, 0) is 60.4 Å². The Morgan fingerprint density at radius 1 is 0.871 bits per heavy atom. The molecule has 0 aliphatic carbocycles. The quantitative estimate of drug-likeness (QED) is 0.259. The molecule has 0 unspecified atom stereocenters. The number of rotatable bonds is 6. The van der Waals surface area contributed by atoms with Crippen LogP contribution in [0.25, 0.3) is 33.3 Å². The van der Waals surface area contributed by atoms with Gasteiger partial charge in [0, 0.05) is 117 Å². The summed E-state index contributed by atoms with van der Waals surface area (Å²) in [6.45, 7) is 0.737. The van der Waals surface area contributed by atoms with E-state index in [4.69, 9.17) is 20.9 Å². The molecule has 0 bridgehead atoms. The molecule has 2 aromatic carbocycles. The zero-order valence-electron chi connectivity index (χ0n) is 17.8. The van der Waals surface area contributed by atoms with Gasteiger partial charge in [-0.1, -0.05) is 0 Å². The molecule has 7 nitrogen and oxygen atoms in total. The maximum atomic E-state index is 9.60. The van der Waals surface area contributed by atoms with Crippen LogP contribution in [0, 0.1) is 88.1 Å². The van der Waals surface area contributed by atoms with Crippen molar-refractivity contribution in [2.24, 2.45) is 0 Å². The average Bonchev–Trinajstić information content (AvgIpc) is 3.29. The number of aromatic amines is 1. The minimum Gasteiger partial charge on any atom is -0.677 e. The molecule has 0 saturated carbocycles. The third kappa shape index (κ3) is 7.10. The first-order chi connectivity index (χ1) is 14.1. The second-order valence-electron chi connectivity index (χ2n) is 6.61. The van der Waals surface area contributed by atoms with Crippen LogP contribution < -0.4 is 9.47 Å². The van der Waals surface area contributed by atoms with Gasteiger partial charge in [-0.2, -0.15) is 4.73 Å². The van der Waals surface area contributed by atoms with Crippen LogP contribution in [0.2, 0.25) is 0 Å². The molecule has 2 radical (unpaired) electrons. The van der Waals surface area contributed by atoms with Crippen molar-refractivity contribution in [1.82, 2.24) is 9.71 Å². The minimum absolute atomic E-state index is 0. The number of aromatic nitrogens is 2. The van der Waals surface area contributed by atoms with Crippen molar-refractivity contribution in [1.29, 1.82) is 0 Å². The van der Waals surface area contributed by atoms with Crippen molar-refractivity contribution in [2.75, 3.05) is 27.3 Å². The standard InChI is InChI=1S/C11H13N2O2.C11H13N2O.2Ac/c1-15-9-2-3-11-10(6-9)8(4-5-12)7-13(11)14;1-14-9-2-3-11-10(6-9)8(4-5-12)7-13-11;;/h2-3,6-7,12,14H,4-5H2,1H3;2-3,6-7,12-13H,4-5H2,1H3;;/q2*-1;;. The number of methoxy groups -OCH3 is 2. The van der Waals surface area contributed by atoms with Crippen molar-refractivity contribution in [3.63, 3.8) is 0 Å². The fourth-order valence-corrected chi connectivity index (χ4v) is 3.35. The van der Waals surface area contributed by atoms with Crippen molar-refractivity contribution >= 4 is 21.8 Å². The van der Waals surface area contributed by atoms with Gasteiger partial charge in [0.05, 0.1) is 19.7 Å². The second-order valence-corrected chi connectivity index (χ2v) is 6.61. The van der Waals surface area contributed by atoms with Gasteiger partial charge in [0.1, 0.15) is 11.5 Å². The van der Waals surface area contributed by atoms with Gasteiger partial charge in [0.15, 0.2) is 0 Å². The molecule has 0 atom stereocenters. The minimum atomic E-state index is 0. The van der Waals surface area contributed by atoms with E-state index < -0.39 is 0 Å². The largest absolute Gasteiger partial charge is 0.677 e. The van der Waals surface area contributed by atoms with Crippen LogP contribution in [0.5, 0.6) is 11.5 Å². The molecule has 0 amide bonds. The molecule has 0 fully saturated rings. The zero-order chi connectivity index (χ0) is 20.8. The van der Waals surface area contributed by atoms with Crippen molar-refractivity contribution in [3.05, 3.63) is 71.4 Å². The Balaban J connectivity index is 0.000000292. The average molecular weight is 848 g/mol. The molecule has 0 aliphatic heterocycles. The van der Waals surface area contributed by atoms with E-state index in [1.54, 1.807) is 26.5 Å². The Bertz CT molecular complexity index is 1100. The van der Waals surface area contributed by atoms with Gasteiger partial charge in [-0.3, -0.25) is 0 Å². The number of H-pyrrole nitrogens is 1. The first kappa shape index (κ1) is 28.8.